The molecule has 0 amide bonds. The third-order valence-corrected chi connectivity index (χ3v) is 4.91. The van der Waals surface area contributed by atoms with Crippen molar-refractivity contribution in [3.8, 4) is 0 Å². The first-order valence-corrected chi connectivity index (χ1v) is 8.07. The summed E-state index contributed by atoms with van der Waals surface area (Å²) in [7, 11) is -2.13. The fourth-order valence-electron chi connectivity index (χ4n) is 1.88. The first-order valence-electron chi connectivity index (χ1n) is 6.21. The Morgan fingerprint density at radius 2 is 1.86 bits per heavy atom. The summed E-state index contributed by atoms with van der Waals surface area (Å²) < 4.78 is 35.4. The second-order valence-electron chi connectivity index (χ2n) is 4.32. The molecule has 0 bridgehead atoms. The molecule has 21 heavy (non-hydrogen) atoms. The quantitative estimate of drug-likeness (QED) is 0.604. The predicted molar refractivity (Wildman–Crippen MR) is 80.0 cm³/mol. The fourth-order valence-corrected chi connectivity index (χ4v) is 3.66. The van der Waals surface area contributed by atoms with E-state index in [0.29, 0.717) is 10.6 Å². The molecule has 0 aliphatic heterocycles. The zero-order valence-corrected chi connectivity index (χ0v) is 13.0. The first kappa shape index (κ1) is 16.0. The van der Waals surface area contributed by atoms with E-state index >= 15 is 0 Å². The van der Waals surface area contributed by atoms with Gasteiger partial charge in [0, 0.05) is 12.1 Å². The zero-order valence-electron chi connectivity index (χ0n) is 11.5. The van der Waals surface area contributed by atoms with Gasteiger partial charge in [0.05, 0.1) is 16.4 Å². The first-order chi connectivity index (χ1) is 10.1. The highest BCUT2D eigenvalue weighted by Crippen LogP contribution is 2.26. The van der Waals surface area contributed by atoms with Gasteiger partial charge in [-0.15, -0.1) is 0 Å². The standard InChI is InChI=1S/C15H15ClO4S/c1-19-11-20-10-12-5-2-3-8-15(12)21(17,18)14-7-4-6-13(16)9-14/h2-9H,10-11H2,1H3. The molecule has 0 aromatic heterocycles. The van der Waals surface area contributed by atoms with Crippen LogP contribution < -0.4 is 0 Å². The van der Waals surface area contributed by atoms with Crippen LogP contribution in [0.25, 0.3) is 0 Å². The van der Waals surface area contributed by atoms with Crippen molar-refractivity contribution in [3.05, 3.63) is 59.1 Å². The number of benzene rings is 2. The number of hydrogen-bond donors (Lipinski definition) is 0. The van der Waals surface area contributed by atoms with Crippen molar-refractivity contribution in [2.45, 2.75) is 16.4 Å². The van der Waals surface area contributed by atoms with E-state index in [9.17, 15) is 8.42 Å². The molecule has 0 fully saturated rings. The zero-order chi connectivity index (χ0) is 15.3. The molecule has 0 spiro atoms. The number of halogens is 1. The SMILES string of the molecule is COCOCc1ccccc1S(=O)(=O)c1cccc(Cl)c1. The van der Waals surface area contributed by atoms with Gasteiger partial charge in [0.2, 0.25) is 9.84 Å². The summed E-state index contributed by atoms with van der Waals surface area (Å²) in [4.78, 5) is 0.373. The van der Waals surface area contributed by atoms with Crippen LogP contribution in [-0.2, 0) is 25.9 Å². The molecule has 2 rings (SSSR count). The van der Waals surface area contributed by atoms with Crippen molar-refractivity contribution in [2.24, 2.45) is 0 Å². The Hall–Kier alpha value is -1.40. The molecular weight excluding hydrogens is 312 g/mol. The summed E-state index contributed by atoms with van der Waals surface area (Å²) >= 11 is 5.87. The highest BCUT2D eigenvalue weighted by Gasteiger charge is 2.21. The molecule has 0 atom stereocenters. The van der Waals surface area contributed by atoms with Crippen molar-refractivity contribution >= 4 is 21.4 Å². The molecule has 0 N–H and O–H groups in total. The summed E-state index contributed by atoms with van der Waals surface area (Å²) in [5.41, 5.74) is 0.578. The second kappa shape index (κ2) is 7.04. The Morgan fingerprint density at radius 1 is 1.10 bits per heavy atom. The van der Waals surface area contributed by atoms with Gasteiger partial charge in [-0.2, -0.15) is 0 Å². The van der Waals surface area contributed by atoms with E-state index < -0.39 is 9.84 Å². The lowest BCUT2D eigenvalue weighted by molar-refractivity contribution is -0.0397. The minimum atomic E-state index is -3.63. The Bertz CT molecular complexity index is 713. The van der Waals surface area contributed by atoms with Gasteiger partial charge in [-0.3, -0.25) is 0 Å². The molecular formula is C15H15ClO4S. The van der Waals surface area contributed by atoms with Gasteiger partial charge in [-0.1, -0.05) is 35.9 Å². The Kier molecular flexibility index (Phi) is 5.36. The van der Waals surface area contributed by atoms with Crippen LogP contribution in [0.2, 0.25) is 5.02 Å². The molecule has 0 saturated heterocycles. The summed E-state index contributed by atoms with van der Waals surface area (Å²) in [5, 5.41) is 0.379. The van der Waals surface area contributed by atoms with Crippen molar-refractivity contribution in [1.29, 1.82) is 0 Å². The summed E-state index contributed by atoms with van der Waals surface area (Å²) in [6.45, 7) is 0.259. The maximum Gasteiger partial charge on any atom is 0.207 e. The van der Waals surface area contributed by atoms with E-state index in [-0.39, 0.29) is 23.2 Å². The molecule has 6 heteroatoms. The molecule has 0 unspecified atom stereocenters. The summed E-state index contributed by atoms with van der Waals surface area (Å²) in [6.07, 6.45) is 0. The van der Waals surface area contributed by atoms with Gasteiger partial charge < -0.3 is 9.47 Å². The Balaban J connectivity index is 2.40. The van der Waals surface area contributed by atoms with E-state index in [1.54, 1.807) is 36.4 Å². The van der Waals surface area contributed by atoms with Crippen LogP contribution in [0.15, 0.2) is 58.3 Å². The molecule has 4 nitrogen and oxygen atoms in total. The topological polar surface area (TPSA) is 52.6 Å². The van der Waals surface area contributed by atoms with E-state index in [4.69, 9.17) is 21.1 Å². The normalized spacial score (nSPS) is 11.5. The predicted octanol–water partition coefficient (Wildman–Crippen LogP) is 3.29. The number of ether oxygens (including phenoxy) is 2. The van der Waals surface area contributed by atoms with Crippen molar-refractivity contribution in [1.82, 2.24) is 0 Å². The highest BCUT2D eigenvalue weighted by molar-refractivity contribution is 7.91. The van der Waals surface area contributed by atoms with Crippen molar-refractivity contribution < 1.29 is 17.9 Å². The van der Waals surface area contributed by atoms with Gasteiger partial charge in [-0.05, 0) is 29.8 Å². The van der Waals surface area contributed by atoms with Crippen molar-refractivity contribution in [3.63, 3.8) is 0 Å². The highest BCUT2D eigenvalue weighted by atomic mass is 35.5. The minimum absolute atomic E-state index is 0.103. The monoisotopic (exact) mass is 326 g/mol. The fraction of sp³-hybridized carbons (Fsp3) is 0.200. The third-order valence-electron chi connectivity index (χ3n) is 2.83. The summed E-state index contributed by atoms with van der Waals surface area (Å²) in [6, 6.07) is 12.9. The van der Waals surface area contributed by atoms with Gasteiger partial charge in [0.1, 0.15) is 6.79 Å². The van der Waals surface area contributed by atoms with E-state index in [1.165, 1.54) is 19.2 Å². The second-order valence-corrected chi connectivity index (χ2v) is 6.68. The Morgan fingerprint density at radius 3 is 2.57 bits per heavy atom. The van der Waals surface area contributed by atoms with Crippen molar-refractivity contribution in [2.75, 3.05) is 13.9 Å². The van der Waals surface area contributed by atoms with Gasteiger partial charge in [-0.25, -0.2) is 8.42 Å². The summed E-state index contributed by atoms with van der Waals surface area (Å²) in [5.74, 6) is 0. The Labute approximate surface area is 129 Å². The number of hydrogen-bond acceptors (Lipinski definition) is 4. The molecule has 0 heterocycles. The minimum Gasteiger partial charge on any atom is -0.359 e. The maximum absolute atomic E-state index is 12.7. The van der Waals surface area contributed by atoms with E-state index in [1.807, 2.05) is 0 Å². The molecule has 0 aliphatic carbocycles. The van der Waals surface area contributed by atoms with Crippen LogP contribution >= 0.6 is 11.6 Å². The molecule has 2 aromatic carbocycles. The lowest BCUT2D eigenvalue weighted by Crippen LogP contribution is -2.07. The van der Waals surface area contributed by atoms with Gasteiger partial charge in [0.25, 0.3) is 0 Å². The molecule has 0 saturated carbocycles. The van der Waals surface area contributed by atoms with Crippen LogP contribution in [0, 0.1) is 0 Å². The maximum atomic E-state index is 12.7. The average molecular weight is 327 g/mol. The van der Waals surface area contributed by atoms with Crippen LogP contribution in [0.5, 0.6) is 0 Å². The van der Waals surface area contributed by atoms with Gasteiger partial charge >= 0.3 is 0 Å². The van der Waals surface area contributed by atoms with Gasteiger partial charge in [0.15, 0.2) is 0 Å². The third kappa shape index (κ3) is 3.83. The smallest absolute Gasteiger partial charge is 0.207 e. The molecule has 2 aromatic rings. The largest absolute Gasteiger partial charge is 0.359 e. The number of rotatable bonds is 6. The molecule has 0 radical (unpaired) electrons. The lowest BCUT2D eigenvalue weighted by Gasteiger charge is -2.11. The molecule has 0 aliphatic rings. The molecule has 112 valence electrons. The van der Waals surface area contributed by atoms with E-state index in [2.05, 4.69) is 0 Å². The number of sulfone groups is 1. The lowest BCUT2D eigenvalue weighted by atomic mass is 10.2. The number of methoxy groups -OCH3 is 1. The van der Waals surface area contributed by atoms with Crippen LogP contribution in [-0.4, -0.2) is 22.3 Å². The average Bonchev–Trinajstić information content (AvgIpc) is 2.48. The van der Waals surface area contributed by atoms with Crippen LogP contribution in [0.3, 0.4) is 0 Å². The van der Waals surface area contributed by atoms with E-state index in [0.717, 1.165) is 0 Å². The van der Waals surface area contributed by atoms with Crippen LogP contribution in [0.4, 0.5) is 0 Å². The van der Waals surface area contributed by atoms with Crippen LogP contribution in [0.1, 0.15) is 5.56 Å².